The molecule has 1 atom stereocenters. The molecule has 2 aromatic rings. The third-order valence-corrected chi connectivity index (χ3v) is 3.95. The summed E-state index contributed by atoms with van der Waals surface area (Å²) in [5.74, 6) is 0.751. The monoisotopic (exact) mass is 326 g/mol. The minimum absolute atomic E-state index is 0.540. The highest BCUT2D eigenvalue weighted by atomic mass is 16.5. The number of nitrogens with zero attached hydrogens (tertiary/aromatic N) is 2. The van der Waals surface area contributed by atoms with Crippen molar-refractivity contribution in [3.05, 3.63) is 65.6 Å². The van der Waals surface area contributed by atoms with E-state index in [1.165, 1.54) is 0 Å². The fraction of sp³-hybridized carbons (Fsp3) is 0.350. The molecule has 0 amide bonds. The highest BCUT2D eigenvalue weighted by molar-refractivity contribution is 5.56. The Bertz CT molecular complexity index is 699. The van der Waals surface area contributed by atoms with Gasteiger partial charge >= 0.3 is 0 Å². The third-order valence-electron chi connectivity index (χ3n) is 3.95. The van der Waals surface area contributed by atoms with E-state index in [1.807, 2.05) is 60.5 Å². The van der Waals surface area contributed by atoms with Crippen molar-refractivity contribution in [3.63, 3.8) is 0 Å². The smallest absolute Gasteiger partial charge is 0.167 e. The van der Waals surface area contributed by atoms with Crippen LogP contribution in [0.25, 0.3) is 11.3 Å². The summed E-state index contributed by atoms with van der Waals surface area (Å²) in [6.45, 7) is 8.46. The maximum Gasteiger partial charge on any atom is 0.167 e. The van der Waals surface area contributed by atoms with Gasteiger partial charge in [-0.3, -0.25) is 0 Å². The average molecular weight is 326 g/mol. The molecule has 0 spiro atoms. The van der Waals surface area contributed by atoms with Crippen LogP contribution in [0.15, 0.2) is 64.5 Å². The van der Waals surface area contributed by atoms with Crippen LogP contribution in [-0.2, 0) is 6.54 Å². The number of aliphatic hydroxyl groups is 1. The van der Waals surface area contributed by atoms with Crippen LogP contribution in [0, 0.1) is 0 Å². The van der Waals surface area contributed by atoms with Crippen molar-refractivity contribution in [2.45, 2.75) is 46.8 Å². The molecule has 2 rings (SSSR count). The molecule has 4 nitrogen and oxygen atoms in total. The summed E-state index contributed by atoms with van der Waals surface area (Å²) >= 11 is 0. The van der Waals surface area contributed by atoms with Crippen molar-refractivity contribution in [1.82, 2.24) is 10.1 Å². The van der Waals surface area contributed by atoms with Crippen molar-refractivity contribution in [2.75, 3.05) is 0 Å². The molecule has 1 aromatic heterocycles. The van der Waals surface area contributed by atoms with Gasteiger partial charge in [-0.1, -0.05) is 54.1 Å². The van der Waals surface area contributed by atoms with E-state index < -0.39 is 6.10 Å². The Morgan fingerprint density at radius 1 is 1.33 bits per heavy atom. The van der Waals surface area contributed by atoms with Crippen LogP contribution in [0.3, 0.4) is 0 Å². The van der Waals surface area contributed by atoms with Gasteiger partial charge in [0.2, 0.25) is 0 Å². The van der Waals surface area contributed by atoms with E-state index in [2.05, 4.69) is 19.0 Å². The summed E-state index contributed by atoms with van der Waals surface area (Å²) in [7, 11) is 0. The molecule has 0 bridgehead atoms. The van der Waals surface area contributed by atoms with Crippen LogP contribution in [0.2, 0.25) is 0 Å². The molecule has 24 heavy (non-hydrogen) atoms. The molecule has 0 aliphatic heterocycles. The molecule has 0 saturated carbocycles. The van der Waals surface area contributed by atoms with E-state index in [-0.39, 0.29) is 0 Å². The highest BCUT2D eigenvalue weighted by Gasteiger charge is 2.17. The van der Waals surface area contributed by atoms with Crippen LogP contribution in [0.5, 0.6) is 0 Å². The molecular weight excluding hydrogens is 300 g/mol. The summed E-state index contributed by atoms with van der Waals surface area (Å²) in [4.78, 5) is 2.04. The molecular formula is C20H26N2O2. The van der Waals surface area contributed by atoms with Crippen molar-refractivity contribution in [3.8, 4) is 11.3 Å². The number of allylic oxidation sites excluding steroid dienone is 2. The second-order valence-corrected chi connectivity index (χ2v) is 5.85. The van der Waals surface area contributed by atoms with Crippen molar-refractivity contribution < 1.29 is 9.63 Å². The average Bonchev–Trinajstić information content (AvgIpc) is 3.04. The zero-order valence-electron chi connectivity index (χ0n) is 14.9. The fourth-order valence-corrected chi connectivity index (χ4v) is 2.72. The second-order valence-electron chi connectivity index (χ2n) is 5.85. The van der Waals surface area contributed by atoms with E-state index in [1.54, 1.807) is 6.92 Å². The summed E-state index contributed by atoms with van der Waals surface area (Å²) in [5.41, 5.74) is 3.91. The minimum Gasteiger partial charge on any atom is -0.387 e. The lowest BCUT2D eigenvalue weighted by atomic mass is 10.1. The molecule has 1 heterocycles. The number of aliphatic hydroxyl groups excluding tert-OH is 1. The van der Waals surface area contributed by atoms with E-state index in [0.29, 0.717) is 6.54 Å². The zero-order valence-corrected chi connectivity index (χ0v) is 14.9. The van der Waals surface area contributed by atoms with E-state index in [0.717, 1.165) is 34.7 Å². The Kier molecular flexibility index (Phi) is 6.38. The Labute approximate surface area is 144 Å². The summed E-state index contributed by atoms with van der Waals surface area (Å²) in [5, 5.41) is 14.4. The standard InChI is InChI=1S/C20H26N2O2/c1-5-12-22(20(16(4)23)15(3)6-2)14-18-13-19(24-21-18)17-10-8-7-9-11-17/h5,7-13,16,23H,6,14H2,1-4H3/b12-5-,20-15+. The van der Waals surface area contributed by atoms with Crippen molar-refractivity contribution in [2.24, 2.45) is 0 Å². The first-order valence-electron chi connectivity index (χ1n) is 8.35. The van der Waals surface area contributed by atoms with Gasteiger partial charge in [-0.05, 0) is 33.4 Å². The molecule has 1 aromatic carbocycles. The molecule has 128 valence electrons. The Balaban J connectivity index is 2.27. The van der Waals surface area contributed by atoms with Gasteiger partial charge in [0.15, 0.2) is 5.76 Å². The Hall–Kier alpha value is -2.33. The quantitative estimate of drug-likeness (QED) is 0.798. The first kappa shape index (κ1) is 18.0. The molecule has 0 aliphatic carbocycles. The number of rotatable bonds is 7. The van der Waals surface area contributed by atoms with Gasteiger partial charge in [-0.25, -0.2) is 0 Å². The van der Waals surface area contributed by atoms with E-state index >= 15 is 0 Å². The van der Waals surface area contributed by atoms with Gasteiger partial charge < -0.3 is 14.5 Å². The summed E-state index contributed by atoms with van der Waals surface area (Å²) in [6.07, 6.45) is 4.28. The second kappa shape index (κ2) is 8.50. The summed E-state index contributed by atoms with van der Waals surface area (Å²) < 4.78 is 5.48. The SMILES string of the molecule is C/C=C\N(Cc1cc(-c2ccccc2)on1)/C(=C(\C)CC)C(C)O. The number of benzene rings is 1. The van der Waals surface area contributed by atoms with Gasteiger partial charge in [0.1, 0.15) is 5.69 Å². The molecule has 0 aliphatic rings. The van der Waals surface area contributed by atoms with Crippen LogP contribution >= 0.6 is 0 Å². The number of hydrogen-bond acceptors (Lipinski definition) is 4. The van der Waals surface area contributed by atoms with Gasteiger partial charge in [0.25, 0.3) is 0 Å². The molecule has 4 heteroatoms. The van der Waals surface area contributed by atoms with E-state index in [9.17, 15) is 5.11 Å². The van der Waals surface area contributed by atoms with Gasteiger partial charge in [-0.2, -0.15) is 0 Å². The predicted molar refractivity (Wildman–Crippen MR) is 97.0 cm³/mol. The maximum atomic E-state index is 10.2. The Morgan fingerprint density at radius 3 is 2.62 bits per heavy atom. The lowest BCUT2D eigenvalue weighted by Gasteiger charge is -2.27. The molecule has 0 fully saturated rings. The lowest BCUT2D eigenvalue weighted by Crippen LogP contribution is -2.25. The zero-order chi connectivity index (χ0) is 17.5. The van der Waals surface area contributed by atoms with Gasteiger partial charge in [-0.15, -0.1) is 0 Å². The normalized spacial score (nSPS) is 13.9. The first-order chi connectivity index (χ1) is 11.6. The van der Waals surface area contributed by atoms with Crippen LogP contribution in [0.1, 0.15) is 39.8 Å². The van der Waals surface area contributed by atoms with Crippen LogP contribution < -0.4 is 0 Å². The molecule has 1 unspecified atom stereocenters. The van der Waals surface area contributed by atoms with Crippen molar-refractivity contribution in [1.29, 1.82) is 0 Å². The van der Waals surface area contributed by atoms with E-state index in [4.69, 9.17) is 4.52 Å². The maximum absolute atomic E-state index is 10.2. The molecule has 1 N–H and O–H groups in total. The van der Waals surface area contributed by atoms with Gasteiger partial charge in [0, 0.05) is 17.3 Å². The number of hydrogen-bond donors (Lipinski definition) is 1. The third kappa shape index (κ3) is 4.36. The molecule has 0 radical (unpaired) electrons. The highest BCUT2D eigenvalue weighted by Crippen LogP contribution is 2.24. The van der Waals surface area contributed by atoms with Crippen molar-refractivity contribution >= 4 is 0 Å². The lowest BCUT2D eigenvalue weighted by molar-refractivity contribution is 0.190. The van der Waals surface area contributed by atoms with Gasteiger partial charge in [0.05, 0.1) is 12.6 Å². The van der Waals surface area contributed by atoms with Crippen LogP contribution in [-0.4, -0.2) is 21.3 Å². The topological polar surface area (TPSA) is 49.5 Å². The first-order valence-corrected chi connectivity index (χ1v) is 8.35. The Morgan fingerprint density at radius 2 is 2.04 bits per heavy atom. The minimum atomic E-state index is -0.540. The van der Waals surface area contributed by atoms with Crippen LogP contribution in [0.4, 0.5) is 0 Å². The number of aromatic nitrogens is 1. The predicted octanol–water partition coefficient (Wildman–Crippen LogP) is 4.74. The molecule has 0 saturated heterocycles. The largest absolute Gasteiger partial charge is 0.387 e. The fourth-order valence-electron chi connectivity index (χ4n) is 2.72. The summed E-state index contributed by atoms with van der Waals surface area (Å²) in [6, 6.07) is 11.9.